The van der Waals surface area contributed by atoms with Crippen LogP contribution in [0.2, 0.25) is 0 Å². The number of likely N-dealkylation sites (tertiary alicyclic amines) is 1. The zero-order chi connectivity index (χ0) is 17.8. The molecule has 0 radical (unpaired) electrons. The Balaban J connectivity index is 1.37. The van der Waals surface area contributed by atoms with Crippen molar-refractivity contribution in [2.75, 3.05) is 38.2 Å². The molecule has 0 aromatic carbocycles. The molecule has 138 valence electrons. The fraction of sp³-hybridized carbons (Fsp3) is 0.526. The molecule has 0 amide bonds. The van der Waals surface area contributed by atoms with E-state index in [2.05, 4.69) is 25.2 Å². The van der Waals surface area contributed by atoms with Crippen molar-refractivity contribution >= 4 is 11.8 Å². The molecular weight excluding hydrogens is 333 g/mol. The van der Waals surface area contributed by atoms with Crippen LogP contribution in [0.5, 0.6) is 0 Å². The molecule has 4 rings (SSSR count). The van der Waals surface area contributed by atoms with Crippen molar-refractivity contribution in [1.82, 2.24) is 19.9 Å². The van der Waals surface area contributed by atoms with Gasteiger partial charge in [-0.15, -0.1) is 0 Å². The summed E-state index contributed by atoms with van der Waals surface area (Å²) in [6.07, 6.45) is 6.63. The molecule has 1 N–H and O–H groups in total. The van der Waals surface area contributed by atoms with Gasteiger partial charge in [0.2, 0.25) is 5.95 Å². The lowest BCUT2D eigenvalue weighted by atomic mass is 10.00. The van der Waals surface area contributed by atoms with Gasteiger partial charge in [0.15, 0.2) is 0 Å². The number of nitrogens with zero attached hydrogens (tertiary/aromatic N) is 4. The van der Waals surface area contributed by atoms with Crippen LogP contribution >= 0.6 is 0 Å². The van der Waals surface area contributed by atoms with Gasteiger partial charge in [0.1, 0.15) is 11.6 Å². The third-order valence-electron chi connectivity index (χ3n) is 5.19. The number of anilines is 2. The second-order valence-corrected chi connectivity index (χ2v) is 7.09. The van der Waals surface area contributed by atoms with E-state index in [4.69, 9.17) is 4.74 Å². The van der Waals surface area contributed by atoms with Crippen LogP contribution in [0.25, 0.3) is 0 Å². The first-order valence-electron chi connectivity index (χ1n) is 9.28. The minimum absolute atomic E-state index is 0.335. The predicted molar refractivity (Wildman–Crippen MR) is 96.9 cm³/mol. The number of rotatable bonds is 5. The molecule has 2 aliphatic heterocycles. The van der Waals surface area contributed by atoms with Crippen LogP contribution in [0.4, 0.5) is 16.2 Å². The lowest BCUT2D eigenvalue weighted by Crippen LogP contribution is -2.30. The molecule has 6 nitrogen and oxygen atoms in total. The van der Waals surface area contributed by atoms with E-state index in [0.29, 0.717) is 17.7 Å². The smallest absolute Gasteiger partial charge is 0.228 e. The van der Waals surface area contributed by atoms with E-state index in [1.165, 1.54) is 31.2 Å². The van der Waals surface area contributed by atoms with E-state index in [9.17, 15) is 4.39 Å². The average molecular weight is 357 g/mol. The quantitative estimate of drug-likeness (QED) is 0.888. The van der Waals surface area contributed by atoms with Gasteiger partial charge in [-0.2, -0.15) is 0 Å². The maximum atomic E-state index is 13.3. The normalized spacial score (nSPS) is 21.8. The van der Waals surface area contributed by atoms with Crippen molar-refractivity contribution in [2.24, 2.45) is 5.92 Å². The molecule has 0 bridgehead atoms. The molecule has 2 fully saturated rings. The van der Waals surface area contributed by atoms with Gasteiger partial charge >= 0.3 is 0 Å². The third-order valence-corrected chi connectivity index (χ3v) is 5.19. The Bertz CT molecular complexity index is 737. The molecular formula is C19H24FN5O. The van der Waals surface area contributed by atoms with Gasteiger partial charge in [-0.25, -0.2) is 19.3 Å². The summed E-state index contributed by atoms with van der Waals surface area (Å²) < 4.78 is 18.7. The molecule has 0 saturated carbocycles. The largest absolute Gasteiger partial charge is 0.381 e. The van der Waals surface area contributed by atoms with Gasteiger partial charge in [-0.1, -0.05) is 0 Å². The Kier molecular flexibility index (Phi) is 5.36. The number of nitrogens with one attached hydrogen (secondary N) is 1. The van der Waals surface area contributed by atoms with Crippen LogP contribution in [0.3, 0.4) is 0 Å². The number of ether oxygens (including phenoxy) is 1. The Hall–Kier alpha value is -2.12. The Morgan fingerprint density at radius 2 is 2.00 bits per heavy atom. The number of pyridine rings is 1. The first kappa shape index (κ1) is 17.3. The van der Waals surface area contributed by atoms with Crippen molar-refractivity contribution in [3.8, 4) is 0 Å². The number of halogens is 1. The highest BCUT2D eigenvalue weighted by Gasteiger charge is 2.27. The summed E-state index contributed by atoms with van der Waals surface area (Å²) in [7, 11) is 0. The minimum atomic E-state index is -0.335. The zero-order valence-corrected chi connectivity index (χ0v) is 14.8. The SMILES string of the molecule is Fc1ccnc(Nc2nccc([C@H]3CCN(CC4CCOCC4)C3)n2)c1. The maximum Gasteiger partial charge on any atom is 0.228 e. The van der Waals surface area contributed by atoms with E-state index in [1.54, 1.807) is 6.20 Å². The molecule has 2 aromatic heterocycles. The molecule has 2 saturated heterocycles. The fourth-order valence-electron chi connectivity index (χ4n) is 3.78. The first-order chi connectivity index (χ1) is 12.8. The van der Waals surface area contributed by atoms with E-state index < -0.39 is 0 Å². The van der Waals surface area contributed by atoms with Crippen molar-refractivity contribution in [3.63, 3.8) is 0 Å². The van der Waals surface area contributed by atoms with E-state index in [0.717, 1.165) is 50.9 Å². The fourth-order valence-corrected chi connectivity index (χ4v) is 3.78. The molecule has 26 heavy (non-hydrogen) atoms. The van der Waals surface area contributed by atoms with Crippen molar-refractivity contribution in [2.45, 2.75) is 25.2 Å². The number of hydrogen-bond acceptors (Lipinski definition) is 6. The van der Waals surface area contributed by atoms with Crippen molar-refractivity contribution < 1.29 is 9.13 Å². The Morgan fingerprint density at radius 1 is 1.15 bits per heavy atom. The second-order valence-electron chi connectivity index (χ2n) is 7.09. The van der Waals surface area contributed by atoms with Gasteiger partial charge in [-0.3, -0.25) is 0 Å². The third kappa shape index (κ3) is 4.34. The summed E-state index contributed by atoms with van der Waals surface area (Å²) in [5, 5.41) is 2.98. The predicted octanol–water partition coefficient (Wildman–Crippen LogP) is 2.97. The van der Waals surface area contributed by atoms with Gasteiger partial charge in [0, 0.05) is 50.7 Å². The molecule has 0 unspecified atom stereocenters. The maximum absolute atomic E-state index is 13.3. The lowest BCUT2D eigenvalue weighted by Gasteiger charge is -2.26. The second kappa shape index (κ2) is 8.05. The summed E-state index contributed by atoms with van der Waals surface area (Å²) in [6.45, 7) is 5.10. The highest BCUT2D eigenvalue weighted by Crippen LogP contribution is 2.28. The van der Waals surface area contributed by atoms with Crippen LogP contribution in [0.15, 0.2) is 30.6 Å². The summed E-state index contributed by atoms with van der Waals surface area (Å²) in [5.74, 6) is 1.71. The monoisotopic (exact) mass is 357 g/mol. The Labute approximate surface area is 152 Å². The summed E-state index contributed by atoms with van der Waals surface area (Å²) >= 11 is 0. The van der Waals surface area contributed by atoms with Crippen LogP contribution in [-0.2, 0) is 4.74 Å². The molecule has 2 aromatic rings. The van der Waals surface area contributed by atoms with E-state index >= 15 is 0 Å². The molecule has 0 spiro atoms. The van der Waals surface area contributed by atoms with Crippen LogP contribution < -0.4 is 5.32 Å². The highest BCUT2D eigenvalue weighted by atomic mass is 19.1. The van der Waals surface area contributed by atoms with Crippen LogP contribution in [0.1, 0.15) is 30.9 Å². The van der Waals surface area contributed by atoms with Crippen molar-refractivity contribution in [3.05, 3.63) is 42.1 Å². The standard InChI is InChI=1S/C19H24FN5O/c20-16-1-6-21-18(11-16)24-19-22-7-2-17(23-19)15-3-8-25(13-15)12-14-4-9-26-10-5-14/h1-2,6-7,11,14-15H,3-5,8-10,12-13H2,(H,21,22,23,24)/t15-/m0/s1. The Morgan fingerprint density at radius 3 is 2.85 bits per heavy atom. The van der Waals surface area contributed by atoms with Crippen LogP contribution in [-0.4, -0.2) is 52.7 Å². The highest BCUT2D eigenvalue weighted by molar-refractivity contribution is 5.47. The minimum Gasteiger partial charge on any atom is -0.381 e. The van der Waals surface area contributed by atoms with Crippen molar-refractivity contribution in [1.29, 1.82) is 0 Å². The molecule has 2 aliphatic rings. The zero-order valence-electron chi connectivity index (χ0n) is 14.8. The van der Waals surface area contributed by atoms with Gasteiger partial charge in [0.25, 0.3) is 0 Å². The van der Waals surface area contributed by atoms with Gasteiger partial charge < -0.3 is 15.0 Å². The lowest BCUT2D eigenvalue weighted by molar-refractivity contribution is 0.0553. The average Bonchev–Trinajstić information content (AvgIpc) is 3.11. The topological polar surface area (TPSA) is 63.2 Å². The van der Waals surface area contributed by atoms with Gasteiger partial charge in [-0.05, 0) is 43.9 Å². The first-order valence-corrected chi connectivity index (χ1v) is 9.28. The molecule has 0 aliphatic carbocycles. The van der Waals surface area contributed by atoms with Crippen LogP contribution in [0, 0.1) is 11.7 Å². The van der Waals surface area contributed by atoms with E-state index in [-0.39, 0.29) is 5.82 Å². The van der Waals surface area contributed by atoms with E-state index in [1.807, 2.05) is 6.07 Å². The van der Waals surface area contributed by atoms with Gasteiger partial charge in [0.05, 0.1) is 5.69 Å². The number of hydrogen-bond donors (Lipinski definition) is 1. The summed E-state index contributed by atoms with van der Waals surface area (Å²) in [6, 6.07) is 4.63. The molecule has 7 heteroatoms. The molecule has 4 heterocycles. The number of aromatic nitrogens is 3. The summed E-state index contributed by atoms with van der Waals surface area (Å²) in [4.78, 5) is 15.5. The summed E-state index contributed by atoms with van der Waals surface area (Å²) in [5.41, 5.74) is 1.04. The molecule has 1 atom stereocenters.